The van der Waals surface area contributed by atoms with Crippen LogP contribution in [0.1, 0.15) is 20.7 Å². The van der Waals surface area contributed by atoms with Crippen molar-refractivity contribution in [1.29, 1.82) is 0 Å². The number of carbonyl (C=O) groups excluding carboxylic acids is 2. The normalized spacial score (nSPS) is 14.2. The maximum absolute atomic E-state index is 12.9. The highest BCUT2D eigenvalue weighted by atomic mass is 16.5. The summed E-state index contributed by atoms with van der Waals surface area (Å²) < 4.78 is 5.49. The van der Waals surface area contributed by atoms with Crippen LogP contribution in [0.15, 0.2) is 66.7 Å². The third kappa shape index (κ3) is 4.61. The van der Waals surface area contributed by atoms with Crippen LogP contribution in [0.25, 0.3) is 22.2 Å². The number of aromatic amines is 1. The molecule has 8 nitrogen and oxygen atoms in total. The zero-order valence-electron chi connectivity index (χ0n) is 19.7. The third-order valence-electron chi connectivity index (χ3n) is 6.33. The van der Waals surface area contributed by atoms with E-state index in [1.165, 1.54) is 0 Å². The van der Waals surface area contributed by atoms with Crippen LogP contribution in [0.3, 0.4) is 0 Å². The monoisotopic (exact) mass is 469 g/mol. The summed E-state index contributed by atoms with van der Waals surface area (Å²) in [7, 11) is 3.65. The summed E-state index contributed by atoms with van der Waals surface area (Å²) in [5.74, 6) is 0.634. The zero-order chi connectivity index (χ0) is 24.4. The number of hydrogen-bond donors (Lipinski definition) is 2. The number of ether oxygens (including phenoxy) is 1. The fraction of sp³-hybridized carbons (Fsp3) is 0.222. The average molecular weight is 470 g/mol. The molecule has 178 valence electrons. The van der Waals surface area contributed by atoms with Crippen LogP contribution < -0.4 is 10.1 Å². The van der Waals surface area contributed by atoms with E-state index < -0.39 is 0 Å². The number of nitrogens with zero attached hydrogens (tertiary/aromatic N) is 3. The highest BCUT2D eigenvalue weighted by Gasteiger charge is 2.21. The SMILES string of the molecule is COc1ccc(-c2ccccc2)c2nc(NC(=O)c3ccc(C(=O)N4CCN(C)CC4)cc3)[nH]c12. The molecule has 35 heavy (non-hydrogen) atoms. The summed E-state index contributed by atoms with van der Waals surface area (Å²) in [6.07, 6.45) is 0. The van der Waals surface area contributed by atoms with E-state index in [1.54, 1.807) is 31.4 Å². The van der Waals surface area contributed by atoms with Gasteiger partial charge in [0.05, 0.1) is 7.11 Å². The number of piperazine rings is 1. The van der Waals surface area contributed by atoms with Crippen molar-refractivity contribution in [2.75, 3.05) is 45.7 Å². The number of H-pyrrole nitrogens is 1. The van der Waals surface area contributed by atoms with Crippen molar-refractivity contribution in [2.45, 2.75) is 0 Å². The Hall–Kier alpha value is -4.17. The second kappa shape index (κ2) is 9.60. The molecule has 0 radical (unpaired) electrons. The molecule has 8 heteroatoms. The molecule has 0 atom stereocenters. The van der Waals surface area contributed by atoms with E-state index in [9.17, 15) is 9.59 Å². The largest absolute Gasteiger partial charge is 0.494 e. The first-order chi connectivity index (χ1) is 17.0. The number of likely N-dealkylation sites (N-methyl/N-ethyl adjacent to an activating group) is 1. The molecule has 4 aromatic rings. The molecule has 2 heterocycles. The van der Waals surface area contributed by atoms with Crippen molar-refractivity contribution >= 4 is 28.8 Å². The van der Waals surface area contributed by atoms with Gasteiger partial charge in [-0.2, -0.15) is 0 Å². The van der Waals surface area contributed by atoms with Crippen molar-refractivity contribution in [2.24, 2.45) is 0 Å². The van der Waals surface area contributed by atoms with Crippen molar-refractivity contribution in [3.05, 3.63) is 77.9 Å². The summed E-state index contributed by atoms with van der Waals surface area (Å²) >= 11 is 0. The van der Waals surface area contributed by atoms with Gasteiger partial charge < -0.3 is 19.5 Å². The topological polar surface area (TPSA) is 90.6 Å². The number of nitrogens with one attached hydrogen (secondary N) is 2. The second-order valence-electron chi connectivity index (χ2n) is 8.62. The number of anilines is 1. The Bertz CT molecular complexity index is 1360. The van der Waals surface area contributed by atoms with Gasteiger partial charge in [-0.25, -0.2) is 4.98 Å². The van der Waals surface area contributed by atoms with E-state index in [2.05, 4.69) is 27.2 Å². The van der Waals surface area contributed by atoms with Gasteiger partial charge in [0.1, 0.15) is 16.8 Å². The molecule has 0 saturated carbocycles. The van der Waals surface area contributed by atoms with Gasteiger partial charge in [-0.05, 0) is 49.0 Å². The zero-order valence-corrected chi connectivity index (χ0v) is 19.7. The molecule has 0 spiro atoms. The first-order valence-corrected chi connectivity index (χ1v) is 11.5. The van der Waals surface area contributed by atoms with Crippen LogP contribution in [0.5, 0.6) is 5.75 Å². The minimum absolute atomic E-state index is 0.0112. The number of methoxy groups -OCH3 is 1. The number of hydrogen-bond acceptors (Lipinski definition) is 5. The van der Waals surface area contributed by atoms with Gasteiger partial charge in [0, 0.05) is 42.9 Å². The first-order valence-electron chi connectivity index (χ1n) is 11.5. The van der Waals surface area contributed by atoms with Crippen LogP contribution in [0.4, 0.5) is 5.95 Å². The first kappa shape index (κ1) is 22.6. The molecule has 1 saturated heterocycles. The van der Waals surface area contributed by atoms with Gasteiger partial charge >= 0.3 is 0 Å². The molecule has 2 amide bonds. The summed E-state index contributed by atoms with van der Waals surface area (Å²) in [6, 6.07) is 20.5. The summed E-state index contributed by atoms with van der Waals surface area (Å²) in [5, 5.41) is 2.83. The van der Waals surface area contributed by atoms with Gasteiger partial charge in [0.2, 0.25) is 5.95 Å². The van der Waals surface area contributed by atoms with E-state index in [-0.39, 0.29) is 11.8 Å². The maximum atomic E-state index is 12.9. The van der Waals surface area contributed by atoms with Gasteiger partial charge in [-0.15, -0.1) is 0 Å². The quantitative estimate of drug-likeness (QED) is 0.463. The lowest BCUT2D eigenvalue weighted by Crippen LogP contribution is -2.47. The molecule has 0 bridgehead atoms. The molecule has 0 unspecified atom stereocenters. The highest BCUT2D eigenvalue weighted by molar-refractivity contribution is 6.06. The second-order valence-corrected chi connectivity index (χ2v) is 8.62. The van der Waals surface area contributed by atoms with Crippen LogP contribution in [0.2, 0.25) is 0 Å². The van der Waals surface area contributed by atoms with Gasteiger partial charge in [0.25, 0.3) is 11.8 Å². The Labute approximate surface area is 203 Å². The van der Waals surface area contributed by atoms with Crippen LogP contribution in [-0.4, -0.2) is 71.9 Å². The number of rotatable bonds is 5. The lowest BCUT2D eigenvalue weighted by molar-refractivity contribution is 0.0663. The van der Waals surface area contributed by atoms with Crippen molar-refractivity contribution in [3.63, 3.8) is 0 Å². The molecule has 1 aliphatic rings. The molecule has 5 rings (SSSR count). The Kier molecular flexibility index (Phi) is 6.20. The molecule has 1 fully saturated rings. The number of benzene rings is 3. The highest BCUT2D eigenvalue weighted by Crippen LogP contribution is 2.33. The van der Waals surface area contributed by atoms with E-state index in [4.69, 9.17) is 4.74 Å². The van der Waals surface area contributed by atoms with Gasteiger partial charge in [0.15, 0.2) is 0 Å². The Morgan fingerprint density at radius 2 is 1.60 bits per heavy atom. The number of amides is 2. The van der Waals surface area contributed by atoms with Crippen LogP contribution in [-0.2, 0) is 0 Å². The predicted molar refractivity (Wildman–Crippen MR) is 136 cm³/mol. The summed E-state index contributed by atoms with van der Waals surface area (Å²) in [4.78, 5) is 37.5. The van der Waals surface area contributed by atoms with Crippen molar-refractivity contribution < 1.29 is 14.3 Å². The molecule has 1 aliphatic heterocycles. The number of carbonyl (C=O) groups is 2. The van der Waals surface area contributed by atoms with Crippen molar-refractivity contribution in [3.8, 4) is 16.9 Å². The fourth-order valence-corrected chi connectivity index (χ4v) is 4.28. The van der Waals surface area contributed by atoms with Crippen LogP contribution >= 0.6 is 0 Å². The van der Waals surface area contributed by atoms with E-state index in [1.807, 2.05) is 47.4 Å². The van der Waals surface area contributed by atoms with E-state index in [0.717, 1.165) is 24.2 Å². The number of aromatic nitrogens is 2. The number of imidazole rings is 1. The fourth-order valence-electron chi connectivity index (χ4n) is 4.28. The minimum atomic E-state index is -0.317. The standard InChI is InChI=1S/C27H27N5O3/c1-31-14-16-32(17-15-31)26(34)20-10-8-19(9-11-20)25(33)30-27-28-23-21(18-6-4-3-5-7-18)12-13-22(35-2)24(23)29-27/h3-13H,14-17H2,1-2H3,(H2,28,29,30,33). The smallest absolute Gasteiger partial charge is 0.257 e. The minimum Gasteiger partial charge on any atom is -0.494 e. The molecular formula is C27H27N5O3. The molecule has 0 aliphatic carbocycles. The van der Waals surface area contributed by atoms with E-state index >= 15 is 0 Å². The lowest BCUT2D eigenvalue weighted by atomic mass is 10.0. The van der Waals surface area contributed by atoms with Crippen LogP contribution in [0, 0.1) is 0 Å². The number of fused-ring (bicyclic) bond motifs is 1. The summed E-state index contributed by atoms with van der Waals surface area (Å²) in [5.41, 5.74) is 4.38. The summed E-state index contributed by atoms with van der Waals surface area (Å²) in [6.45, 7) is 3.14. The van der Waals surface area contributed by atoms with E-state index in [0.29, 0.717) is 46.9 Å². The van der Waals surface area contributed by atoms with Crippen molar-refractivity contribution in [1.82, 2.24) is 19.8 Å². The third-order valence-corrected chi connectivity index (χ3v) is 6.33. The lowest BCUT2D eigenvalue weighted by Gasteiger charge is -2.32. The molecular weight excluding hydrogens is 442 g/mol. The molecule has 1 aromatic heterocycles. The van der Waals surface area contributed by atoms with Gasteiger partial charge in [-0.1, -0.05) is 30.3 Å². The Morgan fingerprint density at radius 1 is 0.914 bits per heavy atom. The predicted octanol–water partition coefficient (Wildman–Crippen LogP) is 3.88. The maximum Gasteiger partial charge on any atom is 0.257 e. The average Bonchev–Trinajstić information content (AvgIpc) is 3.32. The Morgan fingerprint density at radius 3 is 2.29 bits per heavy atom. The molecule has 2 N–H and O–H groups in total. The Balaban J connectivity index is 1.35. The molecule has 3 aromatic carbocycles. The van der Waals surface area contributed by atoms with Gasteiger partial charge in [-0.3, -0.25) is 14.9 Å².